The molecular weight excluding hydrogens is 431 g/mol. The van der Waals surface area contributed by atoms with E-state index >= 15 is 0 Å². The van der Waals surface area contributed by atoms with Gasteiger partial charge in [-0.2, -0.15) is 0 Å². The van der Waals surface area contributed by atoms with Crippen molar-refractivity contribution < 1.29 is 22.0 Å². The van der Waals surface area contributed by atoms with Crippen LogP contribution in [0.15, 0.2) is 54.6 Å². The molecule has 3 rings (SSSR count). The van der Waals surface area contributed by atoms with Gasteiger partial charge in [0.15, 0.2) is 23.3 Å². The van der Waals surface area contributed by atoms with E-state index in [4.69, 9.17) is 0 Å². The quantitative estimate of drug-likeness (QED) is 0.130. The van der Waals surface area contributed by atoms with Crippen LogP contribution in [0.4, 0.5) is 22.0 Å². The first-order chi connectivity index (χ1) is 15.9. The highest BCUT2D eigenvalue weighted by molar-refractivity contribution is 5.91. The summed E-state index contributed by atoms with van der Waals surface area (Å²) in [5, 5.41) is -0.593. The van der Waals surface area contributed by atoms with Crippen LogP contribution in [-0.2, 0) is 12.8 Å². The van der Waals surface area contributed by atoms with Crippen molar-refractivity contribution >= 4 is 22.4 Å². The Morgan fingerprint density at radius 1 is 0.818 bits per heavy atom. The second-order valence-electron chi connectivity index (χ2n) is 8.08. The SMILES string of the molecule is C/C=C/CCc1ccc2cc(C(F)=C(F)c3ccc(CCCCC)cc3)c(F)c(F)c2c1F. The molecule has 174 valence electrons. The molecule has 0 aliphatic rings. The zero-order chi connectivity index (χ0) is 24.0. The van der Waals surface area contributed by atoms with Gasteiger partial charge in [-0.15, -0.1) is 0 Å². The Balaban J connectivity index is 1.97. The molecule has 0 aliphatic carbocycles. The lowest BCUT2D eigenvalue weighted by Gasteiger charge is -2.11. The van der Waals surface area contributed by atoms with Gasteiger partial charge in [0.05, 0.1) is 10.9 Å². The van der Waals surface area contributed by atoms with E-state index in [1.807, 2.05) is 19.1 Å². The topological polar surface area (TPSA) is 0 Å². The van der Waals surface area contributed by atoms with Gasteiger partial charge >= 0.3 is 0 Å². The fraction of sp³-hybridized carbons (Fsp3) is 0.286. The van der Waals surface area contributed by atoms with Crippen LogP contribution in [0.2, 0.25) is 0 Å². The fourth-order valence-electron chi connectivity index (χ4n) is 3.82. The number of hydrogen-bond donors (Lipinski definition) is 0. The molecule has 0 N–H and O–H groups in total. The molecule has 0 radical (unpaired) electrons. The van der Waals surface area contributed by atoms with Crippen LogP contribution in [0.25, 0.3) is 22.4 Å². The number of hydrogen-bond acceptors (Lipinski definition) is 0. The molecule has 0 bridgehead atoms. The molecule has 0 aliphatic heterocycles. The summed E-state index contributed by atoms with van der Waals surface area (Å²) in [7, 11) is 0. The summed E-state index contributed by atoms with van der Waals surface area (Å²) in [6, 6.07) is 10.0. The van der Waals surface area contributed by atoms with Crippen LogP contribution in [0.1, 0.15) is 61.8 Å². The summed E-state index contributed by atoms with van der Waals surface area (Å²) in [6.07, 6.45) is 8.49. The van der Waals surface area contributed by atoms with Crippen molar-refractivity contribution in [1.29, 1.82) is 0 Å². The highest BCUT2D eigenvalue weighted by Gasteiger charge is 2.23. The van der Waals surface area contributed by atoms with E-state index in [2.05, 4.69) is 6.92 Å². The second-order valence-corrected chi connectivity index (χ2v) is 8.08. The van der Waals surface area contributed by atoms with Gasteiger partial charge in [0.2, 0.25) is 0 Å². The predicted molar refractivity (Wildman–Crippen MR) is 126 cm³/mol. The number of halogens is 5. The lowest BCUT2D eigenvalue weighted by Crippen LogP contribution is -2.00. The van der Waals surface area contributed by atoms with Crippen molar-refractivity contribution in [2.24, 2.45) is 0 Å². The summed E-state index contributed by atoms with van der Waals surface area (Å²) < 4.78 is 74.1. The lowest BCUT2D eigenvalue weighted by molar-refractivity contribution is 0.505. The van der Waals surface area contributed by atoms with E-state index in [0.29, 0.717) is 12.8 Å². The highest BCUT2D eigenvalue weighted by Crippen LogP contribution is 2.35. The molecule has 3 aromatic carbocycles. The Labute approximate surface area is 191 Å². The molecule has 33 heavy (non-hydrogen) atoms. The summed E-state index contributed by atoms with van der Waals surface area (Å²) in [5.41, 5.74) is 0.277. The average molecular weight is 459 g/mol. The number of allylic oxidation sites excluding steroid dienone is 2. The van der Waals surface area contributed by atoms with Crippen LogP contribution >= 0.6 is 0 Å². The van der Waals surface area contributed by atoms with Crippen molar-refractivity contribution in [3.05, 3.63) is 94.3 Å². The third-order valence-corrected chi connectivity index (χ3v) is 5.72. The maximum Gasteiger partial charge on any atom is 0.170 e. The highest BCUT2D eigenvalue weighted by atomic mass is 19.2. The second kappa shape index (κ2) is 11.3. The third-order valence-electron chi connectivity index (χ3n) is 5.72. The molecule has 0 spiro atoms. The molecule has 0 heterocycles. The largest absolute Gasteiger partial charge is 0.206 e. The van der Waals surface area contributed by atoms with Gasteiger partial charge in [-0.25, -0.2) is 22.0 Å². The molecule has 0 amide bonds. The van der Waals surface area contributed by atoms with Crippen LogP contribution < -0.4 is 0 Å². The Hall–Kier alpha value is -2.95. The molecule has 0 aromatic heterocycles. The lowest BCUT2D eigenvalue weighted by atomic mass is 9.98. The smallest absolute Gasteiger partial charge is 0.170 e. The van der Waals surface area contributed by atoms with Gasteiger partial charge in [-0.05, 0) is 55.2 Å². The predicted octanol–water partition coefficient (Wildman–Crippen LogP) is 9.26. The van der Waals surface area contributed by atoms with Crippen LogP contribution in [0, 0.1) is 17.5 Å². The first-order valence-corrected chi connectivity index (χ1v) is 11.2. The molecule has 0 saturated heterocycles. The standard InChI is InChI=1S/C28H27F5/c1-3-5-7-9-18-11-13-20(14-12-18)25(30)26(31)22-17-21-16-15-19(10-8-6-4-2)24(29)23(21)28(33)27(22)32/h4,6,11-17H,3,5,7-10H2,1-2H3/b6-4+,26-25?. The van der Waals surface area contributed by atoms with E-state index in [1.54, 1.807) is 12.1 Å². The summed E-state index contributed by atoms with van der Waals surface area (Å²) in [6.45, 7) is 3.93. The maximum atomic E-state index is 14.9. The van der Waals surface area contributed by atoms with Crippen molar-refractivity contribution in [3.63, 3.8) is 0 Å². The normalized spacial score (nSPS) is 12.6. The average Bonchev–Trinajstić information content (AvgIpc) is 2.82. The van der Waals surface area contributed by atoms with Crippen LogP contribution in [0.5, 0.6) is 0 Å². The molecule has 0 fully saturated rings. The van der Waals surface area contributed by atoms with E-state index in [9.17, 15) is 22.0 Å². The maximum absolute atomic E-state index is 14.9. The monoisotopic (exact) mass is 458 g/mol. The van der Waals surface area contributed by atoms with Crippen molar-refractivity contribution in [2.75, 3.05) is 0 Å². The molecule has 3 aromatic rings. The van der Waals surface area contributed by atoms with E-state index in [1.165, 1.54) is 24.3 Å². The Morgan fingerprint density at radius 3 is 2.21 bits per heavy atom. The van der Waals surface area contributed by atoms with Crippen molar-refractivity contribution in [1.82, 2.24) is 0 Å². The summed E-state index contributed by atoms with van der Waals surface area (Å²) in [4.78, 5) is 0. The van der Waals surface area contributed by atoms with E-state index in [-0.39, 0.29) is 16.5 Å². The van der Waals surface area contributed by atoms with Gasteiger partial charge in [-0.1, -0.05) is 68.3 Å². The Kier molecular flexibility index (Phi) is 8.43. The van der Waals surface area contributed by atoms with Gasteiger partial charge in [0, 0.05) is 5.56 Å². The van der Waals surface area contributed by atoms with Gasteiger partial charge in [0.25, 0.3) is 0 Å². The molecule has 0 atom stereocenters. The fourth-order valence-corrected chi connectivity index (χ4v) is 3.82. The van der Waals surface area contributed by atoms with Crippen LogP contribution in [-0.4, -0.2) is 0 Å². The number of unbranched alkanes of at least 4 members (excludes halogenated alkanes) is 2. The Morgan fingerprint density at radius 2 is 1.55 bits per heavy atom. The van der Waals surface area contributed by atoms with Gasteiger partial charge in [0.1, 0.15) is 5.82 Å². The van der Waals surface area contributed by atoms with E-state index < -0.39 is 40.1 Å². The number of rotatable bonds is 9. The third kappa shape index (κ3) is 5.52. The first-order valence-electron chi connectivity index (χ1n) is 11.2. The number of fused-ring (bicyclic) bond motifs is 1. The summed E-state index contributed by atoms with van der Waals surface area (Å²) >= 11 is 0. The first kappa shape index (κ1) is 24.7. The minimum atomic E-state index is -1.61. The molecule has 0 unspecified atom stereocenters. The van der Waals surface area contributed by atoms with Crippen LogP contribution in [0.3, 0.4) is 0 Å². The molecule has 0 saturated carbocycles. The summed E-state index contributed by atoms with van der Waals surface area (Å²) in [5.74, 6) is -6.85. The zero-order valence-electron chi connectivity index (χ0n) is 18.8. The molecule has 0 nitrogen and oxygen atoms in total. The van der Waals surface area contributed by atoms with E-state index in [0.717, 1.165) is 37.3 Å². The van der Waals surface area contributed by atoms with Gasteiger partial charge in [-0.3, -0.25) is 0 Å². The number of benzene rings is 3. The van der Waals surface area contributed by atoms with Crippen molar-refractivity contribution in [3.8, 4) is 0 Å². The van der Waals surface area contributed by atoms with Crippen molar-refractivity contribution in [2.45, 2.75) is 52.4 Å². The van der Waals surface area contributed by atoms with Gasteiger partial charge < -0.3 is 0 Å². The molecular formula is C28H27F5. The zero-order valence-corrected chi connectivity index (χ0v) is 18.8. The molecule has 5 heteroatoms. The minimum absolute atomic E-state index is 0.0367. The minimum Gasteiger partial charge on any atom is -0.206 e. The Bertz CT molecular complexity index is 1170. The number of aryl methyl sites for hydroxylation is 2.